The number of hydroxylamine groups is 1. The van der Waals surface area contributed by atoms with Crippen LogP contribution in [-0.2, 0) is 10.2 Å². The molecular weight excluding hydrogens is 238 g/mol. The van der Waals surface area contributed by atoms with Crippen molar-refractivity contribution in [3.05, 3.63) is 66.2 Å². The van der Waals surface area contributed by atoms with Crippen LogP contribution in [0.5, 0.6) is 0 Å². The zero-order chi connectivity index (χ0) is 13.3. The minimum Gasteiger partial charge on any atom is -0.281 e. The summed E-state index contributed by atoms with van der Waals surface area (Å²) in [6, 6.07) is 18.6. The van der Waals surface area contributed by atoms with Gasteiger partial charge in [-0.05, 0) is 30.5 Å². The maximum atomic E-state index is 12.5. The maximum absolute atomic E-state index is 12.5. The number of rotatable bonds is 3. The van der Waals surface area contributed by atoms with Crippen LogP contribution in [0.15, 0.2) is 60.7 Å². The Morgan fingerprint density at radius 3 is 2.00 bits per heavy atom. The molecule has 1 saturated carbocycles. The molecule has 1 fully saturated rings. The van der Waals surface area contributed by atoms with E-state index in [0.29, 0.717) is 5.69 Å². The van der Waals surface area contributed by atoms with Gasteiger partial charge in [0.1, 0.15) is 0 Å². The lowest BCUT2D eigenvalue weighted by Crippen LogP contribution is -2.37. The van der Waals surface area contributed by atoms with Gasteiger partial charge in [0, 0.05) is 0 Å². The van der Waals surface area contributed by atoms with Gasteiger partial charge in [-0.15, -0.1) is 0 Å². The molecule has 0 unspecified atom stereocenters. The van der Waals surface area contributed by atoms with E-state index in [9.17, 15) is 10.0 Å². The molecule has 3 heteroatoms. The summed E-state index contributed by atoms with van der Waals surface area (Å²) in [6.07, 6.45) is 1.58. The summed E-state index contributed by atoms with van der Waals surface area (Å²) in [5, 5.41) is 10.9. The number of hydrogen-bond donors (Lipinski definition) is 1. The standard InChI is InChI=1S/C16H15NO2/c18-15(17(19)14-9-5-2-6-10-14)16(11-12-16)13-7-3-1-4-8-13/h1-10,19H,11-12H2. The first-order chi connectivity index (χ1) is 9.24. The summed E-state index contributed by atoms with van der Waals surface area (Å²) >= 11 is 0. The molecule has 3 rings (SSSR count). The average Bonchev–Trinajstić information content (AvgIpc) is 3.29. The zero-order valence-corrected chi connectivity index (χ0v) is 10.5. The molecule has 0 radical (unpaired) electrons. The molecule has 96 valence electrons. The summed E-state index contributed by atoms with van der Waals surface area (Å²) in [5.41, 5.74) is 0.955. The van der Waals surface area contributed by atoms with Gasteiger partial charge in [0.2, 0.25) is 0 Å². The highest BCUT2D eigenvalue weighted by Gasteiger charge is 2.53. The molecule has 0 saturated heterocycles. The van der Waals surface area contributed by atoms with Crippen LogP contribution in [0, 0.1) is 0 Å². The van der Waals surface area contributed by atoms with Gasteiger partial charge in [-0.1, -0.05) is 48.5 Å². The molecule has 0 spiro atoms. The topological polar surface area (TPSA) is 40.5 Å². The fourth-order valence-electron chi connectivity index (χ4n) is 2.40. The van der Waals surface area contributed by atoms with Crippen LogP contribution in [0.3, 0.4) is 0 Å². The Kier molecular flexibility index (Phi) is 2.84. The third-order valence-electron chi connectivity index (χ3n) is 3.68. The van der Waals surface area contributed by atoms with E-state index in [2.05, 4.69) is 0 Å². The van der Waals surface area contributed by atoms with Crippen LogP contribution in [-0.4, -0.2) is 11.1 Å². The molecule has 3 nitrogen and oxygen atoms in total. The SMILES string of the molecule is O=C(N(O)c1ccccc1)C1(c2ccccc2)CC1. The molecular formula is C16H15NO2. The van der Waals surface area contributed by atoms with Crippen LogP contribution in [0.2, 0.25) is 0 Å². The van der Waals surface area contributed by atoms with E-state index in [1.165, 1.54) is 0 Å². The Labute approximate surface area is 112 Å². The van der Waals surface area contributed by atoms with Crippen molar-refractivity contribution in [1.82, 2.24) is 0 Å². The predicted molar refractivity (Wildman–Crippen MR) is 73.1 cm³/mol. The molecule has 0 bridgehead atoms. The quantitative estimate of drug-likeness (QED) is 0.674. The minimum atomic E-state index is -0.536. The number of benzene rings is 2. The van der Waals surface area contributed by atoms with E-state index in [1.807, 2.05) is 36.4 Å². The molecule has 2 aromatic carbocycles. The van der Waals surface area contributed by atoms with E-state index in [0.717, 1.165) is 23.5 Å². The Morgan fingerprint density at radius 2 is 1.47 bits per heavy atom. The summed E-state index contributed by atoms with van der Waals surface area (Å²) in [6.45, 7) is 0. The number of anilines is 1. The molecule has 0 aromatic heterocycles. The minimum absolute atomic E-state index is 0.245. The van der Waals surface area contributed by atoms with Crippen LogP contribution < -0.4 is 5.06 Å². The predicted octanol–water partition coefficient (Wildman–Crippen LogP) is 3.14. The Bertz CT molecular complexity index is 576. The molecule has 1 N–H and O–H groups in total. The Balaban J connectivity index is 1.89. The van der Waals surface area contributed by atoms with Crippen molar-refractivity contribution in [2.75, 3.05) is 5.06 Å². The second-order valence-electron chi connectivity index (χ2n) is 4.90. The number of carbonyl (C=O) groups excluding carboxylic acids is 1. The van der Waals surface area contributed by atoms with Gasteiger partial charge >= 0.3 is 0 Å². The summed E-state index contributed by atoms with van der Waals surface area (Å²) in [5.74, 6) is -0.245. The van der Waals surface area contributed by atoms with Gasteiger partial charge in [0.15, 0.2) is 0 Å². The van der Waals surface area contributed by atoms with Crippen LogP contribution in [0.4, 0.5) is 5.69 Å². The van der Waals surface area contributed by atoms with Crippen molar-refractivity contribution in [3.63, 3.8) is 0 Å². The lowest BCUT2D eigenvalue weighted by Gasteiger charge is -2.21. The second kappa shape index (κ2) is 4.52. The molecule has 2 aromatic rings. The van der Waals surface area contributed by atoms with Gasteiger partial charge in [-0.3, -0.25) is 10.0 Å². The van der Waals surface area contributed by atoms with Crippen molar-refractivity contribution < 1.29 is 10.0 Å². The van der Waals surface area contributed by atoms with E-state index < -0.39 is 5.41 Å². The van der Waals surface area contributed by atoms with Crippen LogP contribution in [0.25, 0.3) is 0 Å². The number of para-hydroxylation sites is 1. The monoisotopic (exact) mass is 253 g/mol. The highest BCUT2D eigenvalue weighted by Crippen LogP contribution is 2.49. The zero-order valence-electron chi connectivity index (χ0n) is 10.5. The van der Waals surface area contributed by atoms with Crippen molar-refractivity contribution in [2.45, 2.75) is 18.3 Å². The third-order valence-corrected chi connectivity index (χ3v) is 3.68. The molecule has 19 heavy (non-hydrogen) atoms. The fraction of sp³-hybridized carbons (Fsp3) is 0.188. The highest BCUT2D eigenvalue weighted by atomic mass is 16.5. The number of amides is 1. The fourth-order valence-corrected chi connectivity index (χ4v) is 2.40. The van der Waals surface area contributed by atoms with Gasteiger partial charge in [0.05, 0.1) is 11.1 Å². The molecule has 1 amide bonds. The number of hydrogen-bond acceptors (Lipinski definition) is 2. The van der Waals surface area contributed by atoms with Crippen molar-refractivity contribution >= 4 is 11.6 Å². The normalized spacial score (nSPS) is 15.8. The van der Waals surface area contributed by atoms with Crippen molar-refractivity contribution in [1.29, 1.82) is 0 Å². The van der Waals surface area contributed by atoms with Crippen molar-refractivity contribution in [2.24, 2.45) is 0 Å². The third kappa shape index (κ3) is 2.02. The van der Waals surface area contributed by atoms with Crippen molar-refractivity contribution in [3.8, 4) is 0 Å². The molecule has 0 atom stereocenters. The van der Waals surface area contributed by atoms with E-state index in [-0.39, 0.29) is 5.91 Å². The first-order valence-electron chi connectivity index (χ1n) is 6.38. The summed E-state index contributed by atoms with van der Waals surface area (Å²) < 4.78 is 0. The number of nitrogens with zero attached hydrogens (tertiary/aromatic N) is 1. The van der Waals surface area contributed by atoms with Gasteiger partial charge in [0.25, 0.3) is 5.91 Å². The first kappa shape index (κ1) is 11.9. The van der Waals surface area contributed by atoms with E-state index >= 15 is 0 Å². The van der Waals surface area contributed by atoms with E-state index in [1.54, 1.807) is 24.3 Å². The average molecular weight is 253 g/mol. The summed E-state index contributed by atoms with van der Waals surface area (Å²) in [4.78, 5) is 12.5. The van der Waals surface area contributed by atoms with Gasteiger partial charge in [-0.2, -0.15) is 5.06 Å². The smallest absolute Gasteiger partial charge is 0.261 e. The first-order valence-corrected chi connectivity index (χ1v) is 6.38. The Morgan fingerprint density at radius 1 is 0.947 bits per heavy atom. The molecule has 1 aliphatic rings. The lowest BCUT2D eigenvalue weighted by molar-refractivity contribution is -0.126. The number of carbonyl (C=O) groups is 1. The van der Waals surface area contributed by atoms with E-state index in [4.69, 9.17) is 0 Å². The van der Waals surface area contributed by atoms with Crippen LogP contribution in [0.1, 0.15) is 18.4 Å². The lowest BCUT2D eigenvalue weighted by atomic mass is 9.95. The van der Waals surface area contributed by atoms with Crippen LogP contribution >= 0.6 is 0 Å². The summed E-state index contributed by atoms with van der Waals surface area (Å²) in [7, 11) is 0. The Hall–Kier alpha value is -2.13. The van der Waals surface area contributed by atoms with Gasteiger partial charge in [-0.25, -0.2) is 0 Å². The molecule has 0 heterocycles. The largest absolute Gasteiger partial charge is 0.281 e. The maximum Gasteiger partial charge on any atom is 0.261 e. The molecule has 1 aliphatic carbocycles. The second-order valence-corrected chi connectivity index (χ2v) is 4.90. The van der Waals surface area contributed by atoms with Gasteiger partial charge < -0.3 is 0 Å². The highest BCUT2D eigenvalue weighted by molar-refractivity contribution is 6.01. The molecule has 0 aliphatic heterocycles.